The van der Waals surface area contributed by atoms with Gasteiger partial charge < -0.3 is 4.74 Å². The third-order valence-electron chi connectivity index (χ3n) is 4.00. The van der Waals surface area contributed by atoms with Crippen LogP contribution in [0.15, 0.2) is 23.3 Å². The number of hydrogen-bond acceptors (Lipinski definition) is 2. The Hall–Kier alpha value is -1.05. The molecule has 2 unspecified atom stereocenters. The van der Waals surface area contributed by atoms with Crippen LogP contribution < -0.4 is 0 Å². The lowest BCUT2D eigenvalue weighted by Crippen LogP contribution is -2.27. The van der Waals surface area contributed by atoms with Gasteiger partial charge in [0.15, 0.2) is 0 Å². The molecule has 0 saturated heterocycles. The highest BCUT2D eigenvalue weighted by Crippen LogP contribution is 2.42. The Morgan fingerprint density at radius 2 is 2.11 bits per heavy atom. The normalized spacial score (nSPS) is 25.3. The maximum atomic E-state index is 11.0. The van der Waals surface area contributed by atoms with Gasteiger partial charge in [-0.25, -0.2) is 0 Å². The summed E-state index contributed by atoms with van der Waals surface area (Å²) in [5, 5.41) is 0. The molecule has 0 N–H and O–H groups in total. The zero-order valence-electron chi connectivity index (χ0n) is 12.5. The van der Waals surface area contributed by atoms with E-state index in [9.17, 15) is 4.79 Å². The summed E-state index contributed by atoms with van der Waals surface area (Å²) in [7, 11) is 0. The Morgan fingerprint density at radius 3 is 2.61 bits per heavy atom. The number of carbonyl (C=O) groups is 1. The second-order valence-corrected chi connectivity index (χ2v) is 6.12. The van der Waals surface area contributed by atoms with E-state index >= 15 is 0 Å². The van der Waals surface area contributed by atoms with Crippen LogP contribution in [0.4, 0.5) is 0 Å². The highest BCUT2D eigenvalue weighted by molar-refractivity contribution is 5.66. The lowest BCUT2D eigenvalue weighted by molar-refractivity contribution is -0.143. The van der Waals surface area contributed by atoms with Crippen LogP contribution in [0, 0.1) is 11.3 Å². The minimum absolute atomic E-state index is 0.131. The fourth-order valence-corrected chi connectivity index (χ4v) is 2.67. The molecule has 18 heavy (non-hydrogen) atoms. The number of hydrogen-bond donors (Lipinski definition) is 0. The average molecular weight is 250 g/mol. The molecule has 0 radical (unpaired) electrons. The molecule has 0 fully saturated rings. The highest BCUT2D eigenvalue weighted by atomic mass is 16.5. The van der Waals surface area contributed by atoms with Crippen LogP contribution in [0.3, 0.4) is 0 Å². The molecule has 1 rings (SSSR count). The molecule has 0 amide bonds. The van der Waals surface area contributed by atoms with Crippen molar-refractivity contribution in [2.45, 2.75) is 60.5 Å². The van der Waals surface area contributed by atoms with Crippen LogP contribution in [0.2, 0.25) is 0 Å². The molecule has 0 heterocycles. The third kappa shape index (κ3) is 3.72. The van der Waals surface area contributed by atoms with Gasteiger partial charge in [-0.05, 0) is 44.6 Å². The van der Waals surface area contributed by atoms with E-state index in [4.69, 9.17) is 4.74 Å². The fraction of sp³-hybridized carbons (Fsp3) is 0.688. The van der Waals surface area contributed by atoms with Crippen LogP contribution in [0.1, 0.15) is 54.4 Å². The van der Waals surface area contributed by atoms with Crippen molar-refractivity contribution < 1.29 is 9.53 Å². The average Bonchev–Trinajstić information content (AvgIpc) is 2.22. The zero-order chi connectivity index (χ0) is 13.9. The molecule has 0 aliphatic heterocycles. The second kappa shape index (κ2) is 5.73. The molecule has 0 saturated carbocycles. The molecule has 0 aromatic carbocycles. The predicted molar refractivity (Wildman–Crippen MR) is 75.2 cm³/mol. The van der Waals surface area contributed by atoms with Gasteiger partial charge in [0.1, 0.15) is 6.10 Å². The molecule has 2 nitrogen and oxygen atoms in total. The van der Waals surface area contributed by atoms with E-state index in [-0.39, 0.29) is 17.5 Å². The van der Waals surface area contributed by atoms with Crippen molar-refractivity contribution in [3.63, 3.8) is 0 Å². The van der Waals surface area contributed by atoms with Gasteiger partial charge in [-0.1, -0.05) is 31.6 Å². The summed E-state index contributed by atoms with van der Waals surface area (Å²) in [5.74, 6) is 0.231. The van der Waals surface area contributed by atoms with Crippen LogP contribution in [-0.4, -0.2) is 12.1 Å². The molecule has 2 heteroatoms. The monoisotopic (exact) mass is 250 g/mol. The van der Waals surface area contributed by atoms with Crippen molar-refractivity contribution in [1.82, 2.24) is 0 Å². The van der Waals surface area contributed by atoms with Crippen LogP contribution in [0.25, 0.3) is 0 Å². The van der Waals surface area contributed by atoms with E-state index in [1.807, 2.05) is 13.8 Å². The number of rotatable bonds is 3. The minimum Gasteiger partial charge on any atom is -0.458 e. The first-order chi connectivity index (χ1) is 8.24. The van der Waals surface area contributed by atoms with E-state index < -0.39 is 0 Å². The second-order valence-electron chi connectivity index (χ2n) is 6.12. The highest BCUT2D eigenvalue weighted by Gasteiger charge is 2.31. The van der Waals surface area contributed by atoms with E-state index in [0.29, 0.717) is 5.92 Å². The van der Waals surface area contributed by atoms with Crippen LogP contribution in [0.5, 0.6) is 0 Å². The number of esters is 1. The maximum absolute atomic E-state index is 11.0. The maximum Gasteiger partial charge on any atom is 0.303 e. The van der Waals surface area contributed by atoms with Crippen molar-refractivity contribution >= 4 is 5.97 Å². The summed E-state index contributed by atoms with van der Waals surface area (Å²) in [6.07, 6.45) is 6.85. The van der Waals surface area contributed by atoms with Crippen LogP contribution >= 0.6 is 0 Å². The van der Waals surface area contributed by atoms with Gasteiger partial charge in [0.05, 0.1) is 0 Å². The molecule has 1 aliphatic carbocycles. The molecule has 0 aromatic heterocycles. The lowest BCUT2D eigenvalue weighted by atomic mass is 9.68. The molecular weight excluding hydrogens is 224 g/mol. The molecule has 2 atom stereocenters. The van der Waals surface area contributed by atoms with Gasteiger partial charge in [-0.3, -0.25) is 4.79 Å². The standard InChI is InChI=1S/C16H26O2/c1-11-8-7-9-16(5,6)15(11)10-12(2)13(3)18-14(4)17/h8,10,13,15H,7,9H2,1-6H3. The molecule has 1 aliphatic rings. The van der Waals surface area contributed by atoms with Crippen molar-refractivity contribution in [2.24, 2.45) is 11.3 Å². The summed E-state index contributed by atoms with van der Waals surface area (Å²) in [5.41, 5.74) is 2.86. The van der Waals surface area contributed by atoms with Gasteiger partial charge >= 0.3 is 5.97 Å². The van der Waals surface area contributed by atoms with E-state index in [1.54, 1.807) is 0 Å². The number of allylic oxidation sites excluding steroid dienone is 3. The Kier molecular flexibility index (Phi) is 4.78. The van der Waals surface area contributed by atoms with Gasteiger partial charge in [0.25, 0.3) is 0 Å². The smallest absolute Gasteiger partial charge is 0.303 e. The summed E-state index contributed by atoms with van der Waals surface area (Å²) in [4.78, 5) is 11.0. The summed E-state index contributed by atoms with van der Waals surface area (Å²) in [6.45, 7) is 12.3. The van der Waals surface area contributed by atoms with Gasteiger partial charge in [0.2, 0.25) is 0 Å². The molecule has 0 spiro atoms. The SMILES string of the molecule is CC(=O)OC(C)C(C)=CC1C(C)=CCCC1(C)C. The topological polar surface area (TPSA) is 26.3 Å². The van der Waals surface area contributed by atoms with Gasteiger partial charge in [-0.15, -0.1) is 0 Å². The lowest BCUT2D eigenvalue weighted by Gasteiger charge is -2.37. The zero-order valence-corrected chi connectivity index (χ0v) is 12.5. The quantitative estimate of drug-likeness (QED) is 0.552. The van der Waals surface area contributed by atoms with Gasteiger partial charge in [0, 0.05) is 12.8 Å². The molecule has 0 aromatic rings. The predicted octanol–water partition coefficient (Wildman–Crippen LogP) is 4.27. The van der Waals surface area contributed by atoms with Gasteiger partial charge in [-0.2, -0.15) is 0 Å². The van der Waals surface area contributed by atoms with Crippen molar-refractivity contribution in [2.75, 3.05) is 0 Å². The Labute approximate surface area is 111 Å². The summed E-state index contributed by atoms with van der Waals surface area (Å²) in [6, 6.07) is 0. The minimum atomic E-state index is -0.217. The van der Waals surface area contributed by atoms with Crippen LogP contribution in [-0.2, 0) is 9.53 Å². The van der Waals surface area contributed by atoms with E-state index in [2.05, 4.69) is 32.9 Å². The Balaban J connectivity index is 2.88. The van der Waals surface area contributed by atoms with E-state index in [0.717, 1.165) is 5.57 Å². The first kappa shape index (κ1) is 15.0. The number of ether oxygens (including phenoxy) is 1. The Bertz CT molecular complexity index is 375. The molecule has 102 valence electrons. The third-order valence-corrected chi connectivity index (χ3v) is 4.00. The van der Waals surface area contributed by atoms with Crippen molar-refractivity contribution in [3.05, 3.63) is 23.3 Å². The summed E-state index contributed by atoms with van der Waals surface area (Å²) < 4.78 is 5.23. The van der Waals surface area contributed by atoms with Crippen molar-refractivity contribution in [3.8, 4) is 0 Å². The van der Waals surface area contributed by atoms with Crippen molar-refractivity contribution in [1.29, 1.82) is 0 Å². The summed E-state index contributed by atoms with van der Waals surface area (Å²) >= 11 is 0. The number of carbonyl (C=O) groups excluding carboxylic acids is 1. The first-order valence-electron chi connectivity index (χ1n) is 6.76. The Morgan fingerprint density at radius 1 is 1.50 bits per heavy atom. The van der Waals surface area contributed by atoms with E-state index in [1.165, 1.54) is 25.3 Å². The first-order valence-corrected chi connectivity index (χ1v) is 6.76. The fourth-order valence-electron chi connectivity index (χ4n) is 2.67. The largest absolute Gasteiger partial charge is 0.458 e. The molecular formula is C16H26O2. The molecule has 0 bridgehead atoms.